The Labute approximate surface area is 148 Å². The monoisotopic (exact) mass is 339 g/mol. The van der Waals surface area contributed by atoms with E-state index in [2.05, 4.69) is 10.2 Å². The topological polar surface area (TPSA) is 52.7 Å². The van der Waals surface area contributed by atoms with Crippen LogP contribution in [0.25, 0.3) is 10.8 Å². The molecule has 3 rings (SSSR count). The average Bonchev–Trinajstić information content (AvgIpc) is 2.66. The molecule has 0 aliphatic carbocycles. The zero-order valence-electron chi connectivity index (χ0n) is 14.7. The van der Waals surface area contributed by atoms with Crippen molar-refractivity contribution in [3.8, 4) is 0 Å². The van der Waals surface area contributed by atoms with Crippen molar-refractivity contribution in [1.82, 2.24) is 15.1 Å². The van der Waals surface area contributed by atoms with E-state index in [0.29, 0.717) is 19.6 Å². The van der Waals surface area contributed by atoms with E-state index in [1.54, 1.807) is 0 Å². The van der Waals surface area contributed by atoms with Crippen molar-refractivity contribution in [3.63, 3.8) is 0 Å². The van der Waals surface area contributed by atoms with Crippen LogP contribution in [-0.4, -0.2) is 60.9 Å². The van der Waals surface area contributed by atoms with Crippen LogP contribution in [0.4, 0.5) is 0 Å². The maximum absolute atomic E-state index is 12.9. The summed E-state index contributed by atoms with van der Waals surface area (Å²) < 4.78 is 0. The molecule has 132 valence electrons. The van der Waals surface area contributed by atoms with E-state index >= 15 is 0 Å². The van der Waals surface area contributed by atoms with E-state index in [1.165, 1.54) is 0 Å². The van der Waals surface area contributed by atoms with Gasteiger partial charge in [0.25, 0.3) is 5.91 Å². The van der Waals surface area contributed by atoms with Crippen LogP contribution < -0.4 is 5.32 Å². The van der Waals surface area contributed by atoms with E-state index in [0.717, 1.165) is 42.4 Å². The van der Waals surface area contributed by atoms with Gasteiger partial charge in [-0.15, -0.1) is 0 Å². The van der Waals surface area contributed by atoms with Crippen LogP contribution in [0.2, 0.25) is 0 Å². The van der Waals surface area contributed by atoms with Gasteiger partial charge in [-0.2, -0.15) is 0 Å². The predicted molar refractivity (Wildman–Crippen MR) is 99.6 cm³/mol. The van der Waals surface area contributed by atoms with Crippen molar-refractivity contribution in [1.29, 1.82) is 0 Å². The highest BCUT2D eigenvalue weighted by atomic mass is 16.2. The minimum Gasteiger partial charge on any atom is -0.355 e. The highest BCUT2D eigenvalue weighted by Crippen LogP contribution is 2.20. The molecule has 5 heteroatoms. The molecular weight excluding hydrogens is 314 g/mol. The van der Waals surface area contributed by atoms with Gasteiger partial charge < -0.3 is 10.2 Å². The van der Waals surface area contributed by atoms with Crippen LogP contribution in [0.1, 0.15) is 23.7 Å². The van der Waals surface area contributed by atoms with Gasteiger partial charge >= 0.3 is 0 Å². The van der Waals surface area contributed by atoms with Gasteiger partial charge in [-0.25, -0.2) is 0 Å². The number of piperazine rings is 1. The lowest BCUT2D eigenvalue weighted by atomic mass is 10.0. The lowest BCUT2D eigenvalue weighted by Gasteiger charge is -2.34. The van der Waals surface area contributed by atoms with Gasteiger partial charge in [0.05, 0.1) is 6.54 Å². The lowest BCUT2D eigenvalue weighted by molar-refractivity contribution is -0.122. The number of rotatable bonds is 5. The molecule has 2 aromatic rings. The molecule has 1 N–H and O–H groups in total. The molecule has 1 aliphatic rings. The molecule has 1 saturated heterocycles. The van der Waals surface area contributed by atoms with Crippen molar-refractivity contribution in [2.24, 2.45) is 0 Å². The summed E-state index contributed by atoms with van der Waals surface area (Å²) in [5.41, 5.74) is 0.757. The smallest absolute Gasteiger partial charge is 0.254 e. The number of fused-ring (bicyclic) bond motifs is 1. The van der Waals surface area contributed by atoms with Crippen molar-refractivity contribution in [3.05, 3.63) is 48.0 Å². The number of nitrogens with zero attached hydrogens (tertiary/aromatic N) is 2. The second-order valence-corrected chi connectivity index (χ2v) is 6.45. The standard InChI is InChI=1S/C20H25N3O2/c1-2-10-21-19(24)15-22-11-13-23(14-12-22)20(25)18-9-5-7-16-6-3-4-8-17(16)18/h3-9H,2,10-15H2,1H3,(H,21,24). The molecule has 0 saturated carbocycles. The highest BCUT2D eigenvalue weighted by molar-refractivity contribution is 6.07. The van der Waals surface area contributed by atoms with E-state index in [9.17, 15) is 9.59 Å². The van der Waals surface area contributed by atoms with E-state index in [-0.39, 0.29) is 11.8 Å². The Balaban J connectivity index is 1.61. The molecule has 0 atom stereocenters. The highest BCUT2D eigenvalue weighted by Gasteiger charge is 2.24. The number of carbonyl (C=O) groups is 2. The first-order valence-electron chi connectivity index (χ1n) is 8.95. The van der Waals surface area contributed by atoms with Crippen LogP contribution >= 0.6 is 0 Å². The maximum Gasteiger partial charge on any atom is 0.254 e. The Hall–Kier alpha value is -2.40. The van der Waals surface area contributed by atoms with Crippen LogP contribution in [0, 0.1) is 0 Å². The molecule has 0 unspecified atom stereocenters. The molecule has 2 aromatic carbocycles. The zero-order chi connectivity index (χ0) is 17.6. The van der Waals surface area contributed by atoms with Gasteiger partial charge in [0, 0.05) is 38.3 Å². The Kier molecular flexibility index (Phi) is 5.66. The summed E-state index contributed by atoms with van der Waals surface area (Å²) in [6.45, 7) is 5.95. The number of nitrogens with one attached hydrogen (secondary N) is 1. The van der Waals surface area contributed by atoms with Crippen LogP contribution in [0.15, 0.2) is 42.5 Å². The zero-order valence-corrected chi connectivity index (χ0v) is 14.7. The number of hydrogen-bond donors (Lipinski definition) is 1. The first kappa shape index (κ1) is 17.4. The van der Waals surface area contributed by atoms with Crippen LogP contribution in [0.5, 0.6) is 0 Å². The quantitative estimate of drug-likeness (QED) is 0.908. The molecule has 0 bridgehead atoms. The lowest BCUT2D eigenvalue weighted by Crippen LogP contribution is -2.51. The summed E-state index contributed by atoms with van der Waals surface area (Å²) in [7, 11) is 0. The summed E-state index contributed by atoms with van der Waals surface area (Å²) in [5, 5.41) is 4.98. The molecule has 0 radical (unpaired) electrons. The minimum absolute atomic E-state index is 0.0654. The van der Waals surface area contributed by atoms with Crippen LogP contribution in [-0.2, 0) is 4.79 Å². The summed E-state index contributed by atoms with van der Waals surface area (Å²) in [6, 6.07) is 13.8. The molecule has 5 nitrogen and oxygen atoms in total. The largest absolute Gasteiger partial charge is 0.355 e. The number of benzene rings is 2. The third-order valence-corrected chi connectivity index (χ3v) is 4.62. The van der Waals surface area contributed by atoms with E-state index in [1.807, 2.05) is 54.3 Å². The summed E-state index contributed by atoms with van der Waals surface area (Å²) in [4.78, 5) is 28.7. The Morgan fingerprint density at radius 1 is 1.00 bits per heavy atom. The third kappa shape index (κ3) is 4.17. The molecule has 1 fully saturated rings. The van der Waals surface area contributed by atoms with Gasteiger partial charge in [-0.1, -0.05) is 43.3 Å². The normalized spacial score (nSPS) is 15.3. The summed E-state index contributed by atoms with van der Waals surface area (Å²) >= 11 is 0. The fourth-order valence-electron chi connectivity index (χ4n) is 3.21. The molecule has 0 spiro atoms. The van der Waals surface area contributed by atoms with Gasteiger partial charge in [0.2, 0.25) is 5.91 Å². The number of amides is 2. The van der Waals surface area contributed by atoms with Gasteiger partial charge in [-0.3, -0.25) is 14.5 Å². The van der Waals surface area contributed by atoms with Crippen molar-refractivity contribution < 1.29 is 9.59 Å². The molecule has 1 aliphatic heterocycles. The third-order valence-electron chi connectivity index (χ3n) is 4.62. The fourth-order valence-corrected chi connectivity index (χ4v) is 3.21. The average molecular weight is 339 g/mol. The summed E-state index contributed by atoms with van der Waals surface area (Å²) in [6.07, 6.45) is 0.944. The van der Waals surface area contributed by atoms with Crippen molar-refractivity contribution in [2.45, 2.75) is 13.3 Å². The molecule has 2 amide bonds. The first-order chi connectivity index (χ1) is 12.2. The number of hydrogen-bond acceptors (Lipinski definition) is 3. The molecular formula is C20H25N3O2. The second kappa shape index (κ2) is 8.12. The Morgan fingerprint density at radius 3 is 2.48 bits per heavy atom. The Bertz CT molecular complexity index is 746. The number of carbonyl (C=O) groups excluding carboxylic acids is 2. The van der Waals surface area contributed by atoms with Gasteiger partial charge in [0.1, 0.15) is 0 Å². The fraction of sp³-hybridized carbons (Fsp3) is 0.400. The second-order valence-electron chi connectivity index (χ2n) is 6.45. The predicted octanol–water partition coefficient (Wildman–Crippen LogP) is 2.12. The van der Waals surface area contributed by atoms with E-state index in [4.69, 9.17) is 0 Å². The first-order valence-corrected chi connectivity index (χ1v) is 8.95. The minimum atomic E-state index is 0.0654. The molecule has 0 aromatic heterocycles. The van der Waals surface area contributed by atoms with Gasteiger partial charge in [0.15, 0.2) is 0 Å². The Morgan fingerprint density at radius 2 is 1.72 bits per heavy atom. The SMILES string of the molecule is CCCNC(=O)CN1CCN(C(=O)c2cccc3ccccc23)CC1. The van der Waals surface area contributed by atoms with E-state index < -0.39 is 0 Å². The summed E-state index contributed by atoms with van der Waals surface area (Å²) in [5.74, 6) is 0.141. The van der Waals surface area contributed by atoms with Crippen molar-refractivity contribution >= 4 is 22.6 Å². The van der Waals surface area contributed by atoms with Crippen molar-refractivity contribution in [2.75, 3.05) is 39.3 Å². The van der Waals surface area contributed by atoms with Crippen LogP contribution in [0.3, 0.4) is 0 Å². The maximum atomic E-state index is 12.9. The molecule has 1 heterocycles. The molecule has 25 heavy (non-hydrogen) atoms. The van der Waals surface area contributed by atoms with Gasteiger partial charge in [-0.05, 0) is 23.3 Å².